The van der Waals surface area contributed by atoms with Crippen molar-refractivity contribution in [3.8, 4) is 0 Å². The van der Waals surface area contributed by atoms with Crippen LogP contribution in [0.2, 0.25) is 0 Å². The molecule has 1 heterocycles. The van der Waals surface area contributed by atoms with Gasteiger partial charge >= 0.3 is 0 Å². The summed E-state index contributed by atoms with van der Waals surface area (Å²) in [7, 11) is 0. The monoisotopic (exact) mass is 282 g/mol. The third-order valence-corrected chi connectivity index (χ3v) is 3.61. The Balaban J connectivity index is 1.85. The Morgan fingerprint density at radius 1 is 1.24 bits per heavy atom. The fraction of sp³-hybridized carbons (Fsp3) is 0.250. The molecule has 1 aromatic carbocycles. The maximum absolute atomic E-state index is 12.7. The third-order valence-electron chi connectivity index (χ3n) is 3.61. The zero-order valence-electron chi connectivity index (χ0n) is 11.7. The molecule has 1 saturated carbocycles. The van der Waals surface area contributed by atoms with Crippen LogP contribution >= 0.6 is 0 Å². The van der Waals surface area contributed by atoms with Crippen LogP contribution in [0.15, 0.2) is 42.6 Å². The largest absolute Gasteiger partial charge is 0.399 e. The van der Waals surface area contributed by atoms with Gasteiger partial charge in [-0.15, -0.1) is 0 Å². The first-order valence-electron chi connectivity index (χ1n) is 7.01. The minimum Gasteiger partial charge on any atom is -0.399 e. The topological polar surface area (TPSA) is 85.2 Å². The van der Waals surface area contributed by atoms with E-state index < -0.39 is 0 Å². The van der Waals surface area contributed by atoms with Crippen LogP contribution < -0.4 is 11.5 Å². The van der Waals surface area contributed by atoms with Gasteiger partial charge in [-0.1, -0.05) is 6.07 Å². The van der Waals surface area contributed by atoms with Gasteiger partial charge in [0, 0.05) is 23.6 Å². The van der Waals surface area contributed by atoms with Crippen molar-refractivity contribution >= 4 is 17.3 Å². The van der Waals surface area contributed by atoms with Gasteiger partial charge in [0.15, 0.2) is 0 Å². The summed E-state index contributed by atoms with van der Waals surface area (Å²) < 4.78 is 0. The van der Waals surface area contributed by atoms with Crippen LogP contribution in [-0.2, 0) is 6.54 Å². The Labute approximate surface area is 123 Å². The highest BCUT2D eigenvalue weighted by Crippen LogP contribution is 2.30. The number of nitrogen functional groups attached to an aromatic ring is 2. The van der Waals surface area contributed by atoms with E-state index in [0.717, 1.165) is 18.5 Å². The second-order valence-corrected chi connectivity index (χ2v) is 5.33. The van der Waals surface area contributed by atoms with E-state index in [1.165, 1.54) is 0 Å². The van der Waals surface area contributed by atoms with E-state index in [4.69, 9.17) is 11.5 Å². The lowest BCUT2D eigenvalue weighted by molar-refractivity contribution is 0.0729. The summed E-state index contributed by atoms with van der Waals surface area (Å²) in [6, 6.07) is 11.0. The molecular formula is C16H18N4O. The van der Waals surface area contributed by atoms with Crippen LogP contribution in [-0.4, -0.2) is 21.8 Å². The number of aromatic nitrogens is 1. The van der Waals surface area contributed by atoms with E-state index in [1.807, 2.05) is 23.1 Å². The summed E-state index contributed by atoms with van der Waals surface area (Å²) in [6.07, 6.45) is 3.81. The number of benzene rings is 1. The minimum atomic E-state index is -0.0550. The van der Waals surface area contributed by atoms with Crippen molar-refractivity contribution in [1.29, 1.82) is 0 Å². The van der Waals surface area contributed by atoms with Gasteiger partial charge in [-0.2, -0.15) is 0 Å². The van der Waals surface area contributed by atoms with E-state index in [-0.39, 0.29) is 11.9 Å². The summed E-state index contributed by atoms with van der Waals surface area (Å²) in [4.78, 5) is 18.9. The Kier molecular flexibility index (Phi) is 3.48. The van der Waals surface area contributed by atoms with Gasteiger partial charge < -0.3 is 16.4 Å². The van der Waals surface area contributed by atoms with Gasteiger partial charge in [-0.3, -0.25) is 9.78 Å². The number of nitrogens with two attached hydrogens (primary N) is 2. The predicted octanol–water partition coefficient (Wildman–Crippen LogP) is 2.05. The molecule has 1 aliphatic rings. The standard InChI is InChI=1S/C16H18N4O/c17-11-4-7-14(15(18)9-11)16(21)20(13-5-6-13)10-12-3-1-2-8-19-12/h1-4,7-9,13H,5-6,10,17-18H2. The summed E-state index contributed by atoms with van der Waals surface area (Å²) in [5.41, 5.74) is 14.0. The van der Waals surface area contributed by atoms with Gasteiger partial charge in [0.05, 0.1) is 17.8 Å². The highest BCUT2D eigenvalue weighted by molar-refractivity contribution is 6.00. The normalized spacial score (nSPS) is 13.9. The molecule has 0 radical (unpaired) electrons. The molecule has 21 heavy (non-hydrogen) atoms. The smallest absolute Gasteiger partial charge is 0.256 e. The van der Waals surface area contributed by atoms with Crippen molar-refractivity contribution in [3.63, 3.8) is 0 Å². The van der Waals surface area contributed by atoms with Crippen LogP contribution in [0.5, 0.6) is 0 Å². The molecule has 1 aliphatic carbocycles. The van der Waals surface area contributed by atoms with E-state index >= 15 is 0 Å². The molecule has 0 unspecified atom stereocenters. The Morgan fingerprint density at radius 2 is 2.05 bits per heavy atom. The highest BCUT2D eigenvalue weighted by atomic mass is 16.2. The lowest BCUT2D eigenvalue weighted by Crippen LogP contribution is -2.33. The summed E-state index contributed by atoms with van der Waals surface area (Å²) in [6.45, 7) is 0.508. The number of anilines is 2. The van der Waals surface area contributed by atoms with Crippen LogP contribution in [0.3, 0.4) is 0 Å². The molecule has 108 valence electrons. The minimum absolute atomic E-state index is 0.0550. The number of rotatable bonds is 4. The number of hydrogen-bond acceptors (Lipinski definition) is 4. The van der Waals surface area contributed by atoms with Crippen molar-refractivity contribution in [3.05, 3.63) is 53.9 Å². The fourth-order valence-electron chi connectivity index (χ4n) is 2.35. The Hall–Kier alpha value is -2.56. The van der Waals surface area contributed by atoms with Gasteiger partial charge in [-0.05, 0) is 43.2 Å². The summed E-state index contributed by atoms with van der Waals surface area (Å²) >= 11 is 0. The second kappa shape index (κ2) is 5.44. The first-order chi connectivity index (χ1) is 10.1. The van der Waals surface area contributed by atoms with Gasteiger partial charge in [0.1, 0.15) is 0 Å². The molecule has 1 fully saturated rings. The van der Waals surface area contributed by atoms with E-state index in [9.17, 15) is 4.79 Å². The molecule has 0 saturated heterocycles. The molecule has 4 N–H and O–H groups in total. The molecule has 1 amide bonds. The number of carbonyl (C=O) groups is 1. The third kappa shape index (κ3) is 2.97. The van der Waals surface area contributed by atoms with Crippen molar-refractivity contribution in [2.24, 2.45) is 0 Å². The van der Waals surface area contributed by atoms with E-state index in [0.29, 0.717) is 23.5 Å². The summed E-state index contributed by atoms with van der Waals surface area (Å²) in [5, 5.41) is 0. The fourth-order valence-corrected chi connectivity index (χ4v) is 2.35. The number of hydrogen-bond donors (Lipinski definition) is 2. The quantitative estimate of drug-likeness (QED) is 0.840. The molecule has 0 bridgehead atoms. The van der Waals surface area contributed by atoms with Gasteiger partial charge in [0.2, 0.25) is 0 Å². The van der Waals surface area contributed by atoms with Crippen molar-refractivity contribution < 1.29 is 4.79 Å². The van der Waals surface area contributed by atoms with Gasteiger partial charge in [0.25, 0.3) is 5.91 Å². The number of nitrogens with zero attached hydrogens (tertiary/aromatic N) is 2. The van der Waals surface area contributed by atoms with Crippen molar-refractivity contribution in [1.82, 2.24) is 9.88 Å². The van der Waals surface area contributed by atoms with Crippen LogP contribution in [0.1, 0.15) is 28.9 Å². The Morgan fingerprint density at radius 3 is 2.67 bits per heavy atom. The molecule has 0 aliphatic heterocycles. The SMILES string of the molecule is Nc1ccc(C(=O)N(Cc2ccccn2)C2CC2)c(N)c1. The first kappa shape index (κ1) is 13.4. The molecule has 5 nitrogen and oxygen atoms in total. The lowest BCUT2D eigenvalue weighted by atomic mass is 10.1. The average Bonchev–Trinajstić information content (AvgIpc) is 3.30. The maximum atomic E-state index is 12.7. The highest BCUT2D eigenvalue weighted by Gasteiger charge is 2.33. The zero-order chi connectivity index (χ0) is 14.8. The molecule has 0 spiro atoms. The lowest BCUT2D eigenvalue weighted by Gasteiger charge is -2.23. The second-order valence-electron chi connectivity index (χ2n) is 5.33. The molecule has 3 rings (SSSR count). The number of carbonyl (C=O) groups excluding carboxylic acids is 1. The first-order valence-corrected chi connectivity index (χ1v) is 7.01. The maximum Gasteiger partial charge on any atom is 0.256 e. The molecule has 5 heteroatoms. The van der Waals surface area contributed by atoms with Crippen LogP contribution in [0.4, 0.5) is 11.4 Å². The van der Waals surface area contributed by atoms with Crippen LogP contribution in [0, 0.1) is 0 Å². The molecule has 2 aromatic rings. The van der Waals surface area contributed by atoms with Crippen molar-refractivity contribution in [2.45, 2.75) is 25.4 Å². The number of pyridine rings is 1. The Bertz CT molecular complexity index is 653. The van der Waals surface area contributed by atoms with E-state index in [1.54, 1.807) is 24.4 Å². The summed E-state index contributed by atoms with van der Waals surface area (Å²) in [5.74, 6) is -0.0550. The average molecular weight is 282 g/mol. The predicted molar refractivity (Wildman–Crippen MR) is 82.4 cm³/mol. The zero-order valence-corrected chi connectivity index (χ0v) is 11.7. The van der Waals surface area contributed by atoms with Crippen molar-refractivity contribution in [2.75, 3.05) is 11.5 Å². The molecular weight excluding hydrogens is 264 g/mol. The van der Waals surface area contributed by atoms with E-state index in [2.05, 4.69) is 4.98 Å². The number of amides is 1. The van der Waals surface area contributed by atoms with Crippen LogP contribution in [0.25, 0.3) is 0 Å². The van der Waals surface area contributed by atoms with Gasteiger partial charge in [-0.25, -0.2) is 0 Å². The molecule has 1 aromatic heterocycles. The molecule has 0 atom stereocenters.